The van der Waals surface area contributed by atoms with Crippen molar-refractivity contribution >= 4 is 18.0 Å². The number of amides is 2. The number of nitrogens with zero attached hydrogens (tertiary/aromatic N) is 5. The van der Waals surface area contributed by atoms with Crippen LogP contribution in [0.5, 0.6) is 5.75 Å². The van der Waals surface area contributed by atoms with Crippen LogP contribution in [0.2, 0.25) is 0 Å². The second-order valence-corrected chi connectivity index (χ2v) is 15.1. The summed E-state index contributed by atoms with van der Waals surface area (Å²) in [4.78, 5) is 41.7. The summed E-state index contributed by atoms with van der Waals surface area (Å²) in [6.07, 6.45) is 3.46. The van der Waals surface area contributed by atoms with Crippen LogP contribution >= 0.6 is 0 Å². The maximum atomic E-state index is 14.3. The molecule has 3 aliphatic heterocycles. The summed E-state index contributed by atoms with van der Waals surface area (Å²) in [5.74, 6) is -2.00. The fraction of sp³-hybridized carbons (Fsp3) is 0.684. The number of carboxylic acids is 1. The molecule has 1 aromatic carbocycles. The number of halogens is 6. The van der Waals surface area contributed by atoms with E-state index in [0.29, 0.717) is 43.5 Å². The number of unbranched alkanes of at least 4 members (excludes halogenated alkanes) is 1. The van der Waals surface area contributed by atoms with Gasteiger partial charge in [0.25, 0.3) is 5.91 Å². The minimum Gasteiger partial charge on any atom is -0.497 e. The summed E-state index contributed by atoms with van der Waals surface area (Å²) in [6, 6.07) is 6.31. The van der Waals surface area contributed by atoms with E-state index in [4.69, 9.17) is 19.4 Å². The number of likely N-dealkylation sites (tertiary alicyclic amines) is 2. The number of hydrogen-bond acceptors (Lipinski definition) is 7. The molecule has 1 saturated carbocycles. The number of aliphatic carboxylic acids is 1. The molecule has 2 amide bonds. The van der Waals surface area contributed by atoms with Gasteiger partial charge in [-0.05, 0) is 62.3 Å². The number of benzene rings is 1. The molecule has 1 spiro atoms. The van der Waals surface area contributed by atoms with Crippen molar-refractivity contribution in [2.24, 2.45) is 11.8 Å². The van der Waals surface area contributed by atoms with E-state index < -0.39 is 41.1 Å². The molecule has 2 aromatic rings. The molecule has 0 radical (unpaired) electrons. The molecule has 1 aliphatic carbocycles. The van der Waals surface area contributed by atoms with Gasteiger partial charge in [-0.15, -0.1) is 0 Å². The molecule has 1 atom stereocenters. The molecule has 306 valence electrons. The van der Waals surface area contributed by atoms with Crippen molar-refractivity contribution in [3.8, 4) is 11.4 Å². The van der Waals surface area contributed by atoms with E-state index in [0.717, 1.165) is 69.2 Å². The molecule has 6 rings (SSSR count). The lowest BCUT2D eigenvalue weighted by molar-refractivity contribution is -0.192. The number of carbonyl (C=O) groups excluding carboxylic acids is 2. The molecular weight excluding hydrogens is 736 g/mol. The molecule has 1 aromatic heterocycles. The predicted molar refractivity (Wildman–Crippen MR) is 189 cm³/mol. The Morgan fingerprint density at radius 1 is 0.964 bits per heavy atom. The number of hydrogen-bond donors (Lipinski definition) is 1. The Bertz CT molecular complexity index is 1590. The highest BCUT2D eigenvalue weighted by atomic mass is 19.4. The fourth-order valence-corrected chi connectivity index (χ4v) is 8.54. The van der Waals surface area contributed by atoms with Gasteiger partial charge in [0.2, 0.25) is 0 Å². The highest BCUT2D eigenvalue weighted by molar-refractivity contribution is 5.95. The quantitative estimate of drug-likeness (QED) is 0.256. The van der Waals surface area contributed by atoms with Gasteiger partial charge in [-0.25, -0.2) is 14.3 Å². The van der Waals surface area contributed by atoms with Crippen LogP contribution in [0.1, 0.15) is 100 Å². The van der Waals surface area contributed by atoms with Crippen molar-refractivity contribution in [1.82, 2.24) is 24.5 Å². The van der Waals surface area contributed by atoms with Crippen LogP contribution in [0, 0.1) is 11.8 Å². The number of alkyl halides is 6. The van der Waals surface area contributed by atoms with E-state index in [1.165, 1.54) is 56.2 Å². The predicted octanol–water partition coefficient (Wildman–Crippen LogP) is 7.81. The first-order valence-corrected chi connectivity index (χ1v) is 19.2. The van der Waals surface area contributed by atoms with Gasteiger partial charge in [0.15, 0.2) is 5.69 Å². The van der Waals surface area contributed by atoms with Crippen molar-refractivity contribution < 1.29 is 55.3 Å². The first kappa shape index (κ1) is 42.1. The second kappa shape index (κ2) is 17.8. The SMILES string of the molecule is CCCCC1CN(CC2CCCCC2)C(=O)OC12CCN(C1CCN(C(=O)c3cnn(-c4ccc(OC)cc4)c3C(F)(F)F)CC1)CC2.O=C(O)C(F)(F)F. The van der Waals surface area contributed by atoms with Gasteiger partial charge in [0.1, 0.15) is 11.4 Å². The van der Waals surface area contributed by atoms with Gasteiger partial charge in [-0.1, -0.05) is 39.0 Å². The van der Waals surface area contributed by atoms with Crippen molar-refractivity contribution in [3.05, 3.63) is 41.7 Å². The second-order valence-electron chi connectivity index (χ2n) is 15.1. The maximum Gasteiger partial charge on any atom is 0.490 e. The number of rotatable bonds is 9. The molecule has 4 aliphatic rings. The Morgan fingerprint density at radius 2 is 1.58 bits per heavy atom. The van der Waals surface area contributed by atoms with Crippen molar-refractivity contribution in [1.29, 1.82) is 0 Å². The summed E-state index contributed by atoms with van der Waals surface area (Å²) in [5, 5.41) is 11.1. The van der Waals surface area contributed by atoms with E-state index in [1.54, 1.807) is 12.1 Å². The lowest BCUT2D eigenvalue weighted by atomic mass is 9.75. The first-order chi connectivity index (χ1) is 26.1. The van der Waals surface area contributed by atoms with Gasteiger partial charge in [-0.2, -0.15) is 31.4 Å². The topological polar surface area (TPSA) is 117 Å². The summed E-state index contributed by atoms with van der Waals surface area (Å²) >= 11 is 0. The van der Waals surface area contributed by atoms with Crippen LogP contribution in [-0.4, -0.2) is 112 Å². The summed E-state index contributed by atoms with van der Waals surface area (Å²) in [6.45, 7) is 6.17. The van der Waals surface area contributed by atoms with Gasteiger partial charge in [-0.3, -0.25) is 9.69 Å². The van der Waals surface area contributed by atoms with Gasteiger partial charge >= 0.3 is 24.4 Å². The Kier molecular flexibility index (Phi) is 13.7. The van der Waals surface area contributed by atoms with Gasteiger partial charge in [0.05, 0.1) is 24.6 Å². The Balaban J connectivity index is 0.000000757. The van der Waals surface area contributed by atoms with E-state index in [-0.39, 0.29) is 17.8 Å². The molecule has 4 fully saturated rings. The molecule has 11 nitrogen and oxygen atoms in total. The van der Waals surface area contributed by atoms with Gasteiger partial charge < -0.3 is 24.4 Å². The van der Waals surface area contributed by atoms with Crippen molar-refractivity contribution in [3.63, 3.8) is 0 Å². The lowest BCUT2D eigenvalue weighted by Crippen LogP contribution is -2.61. The van der Waals surface area contributed by atoms with E-state index in [2.05, 4.69) is 16.9 Å². The standard InChI is InChI=1S/C36H50F3N5O4.C2HF3O2/c1-3-4-10-27-25-43(24-26-8-6-5-7-9-26)34(46)48-35(27)17-21-41(22-18-35)28-15-19-42(20-16-28)33(45)31-23-40-44(32(31)36(37,38)39)29-11-13-30(47-2)14-12-29;3-2(4,5)1(6)7/h11-14,23,26-28H,3-10,15-22,24-25H2,1-2H3;(H,6,7). The number of piperidine rings is 2. The maximum absolute atomic E-state index is 14.3. The van der Waals surface area contributed by atoms with Crippen molar-refractivity contribution in [2.45, 2.75) is 108 Å². The van der Waals surface area contributed by atoms with Crippen LogP contribution in [0.15, 0.2) is 30.5 Å². The minimum atomic E-state index is -5.08. The zero-order valence-corrected chi connectivity index (χ0v) is 31.3. The molecule has 1 unspecified atom stereocenters. The lowest BCUT2D eigenvalue weighted by Gasteiger charge is -2.52. The number of ether oxygens (including phenoxy) is 2. The number of methoxy groups -OCH3 is 1. The highest BCUT2D eigenvalue weighted by Crippen LogP contribution is 2.42. The van der Waals surface area contributed by atoms with E-state index in [1.807, 2.05) is 4.90 Å². The number of aromatic nitrogens is 2. The molecule has 55 heavy (non-hydrogen) atoms. The Morgan fingerprint density at radius 3 is 2.13 bits per heavy atom. The molecule has 1 N–H and O–H groups in total. The van der Waals surface area contributed by atoms with Crippen molar-refractivity contribution in [2.75, 3.05) is 46.4 Å². The summed E-state index contributed by atoms with van der Waals surface area (Å²) in [7, 11) is 1.48. The average Bonchev–Trinajstić information content (AvgIpc) is 3.62. The Labute approximate surface area is 316 Å². The molecule has 3 saturated heterocycles. The van der Waals surface area contributed by atoms with Crippen LogP contribution in [0.25, 0.3) is 5.69 Å². The van der Waals surface area contributed by atoms with Crippen LogP contribution in [0.4, 0.5) is 31.1 Å². The normalized spacial score (nSPS) is 21.5. The van der Waals surface area contributed by atoms with Crippen LogP contribution in [-0.2, 0) is 15.7 Å². The first-order valence-electron chi connectivity index (χ1n) is 19.2. The third kappa shape index (κ3) is 10.2. The zero-order valence-electron chi connectivity index (χ0n) is 31.3. The highest BCUT2D eigenvalue weighted by Gasteiger charge is 2.50. The zero-order chi connectivity index (χ0) is 40.0. The molecule has 0 bridgehead atoms. The summed E-state index contributed by atoms with van der Waals surface area (Å²) in [5.41, 5.74) is -1.74. The number of carbonyl (C=O) groups is 3. The third-order valence-corrected chi connectivity index (χ3v) is 11.6. The molecule has 4 heterocycles. The monoisotopic (exact) mass is 787 g/mol. The third-order valence-electron chi connectivity index (χ3n) is 11.6. The smallest absolute Gasteiger partial charge is 0.490 e. The molecule has 17 heteroatoms. The summed E-state index contributed by atoms with van der Waals surface area (Å²) < 4.78 is 87.0. The van der Waals surface area contributed by atoms with Gasteiger partial charge in [0, 0.05) is 64.1 Å². The Hall–Kier alpha value is -4.02. The van der Waals surface area contributed by atoms with E-state index in [9.17, 15) is 35.9 Å². The molecular formula is C38H51F6N5O6. The largest absolute Gasteiger partial charge is 0.497 e. The van der Waals surface area contributed by atoms with Crippen LogP contribution in [0.3, 0.4) is 0 Å². The average molecular weight is 788 g/mol. The van der Waals surface area contributed by atoms with Crippen LogP contribution < -0.4 is 4.74 Å². The van der Waals surface area contributed by atoms with E-state index >= 15 is 0 Å². The minimum absolute atomic E-state index is 0.151. The number of carboxylic acid groups (broad SMARTS) is 1. The fourth-order valence-electron chi connectivity index (χ4n) is 8.54.